The zero-order valence-electron chi connectivity index (χ0n) is 9.52. The number of aromatic nitrogens is 4. The SMILES string of the molecule is COC(=O)c1ncccn1.N#Cc1ncccn1. The van der Waals surface area contributed by atoms with E-state index in [1.54, 1.807) is 18.2 Å². The molecule has 2 heterocycles. The van der Waals surface area contributed by atoms with Gasteiger partial charge in [-0.3, -0.25) is 0 Å². The molecule has 0 N–H and O–H groups in total. The molecule has 0 saturated heterocycles. The van der Waals surface area contributed by atoms with Gasteiger partial charge in [0.15, 0.2) is 0 Å². The highest BCUT2D eigenvalue weighted by Crippen LogP contribution is 1.88. The topological polar surface area (TPSA) is 102 Å². The summed E-state index contributed by atoms with van der Waals surface area (Å²) < 4.78 is 4.37. The quantitative estimate of drug-likeness (QED) is 0.676. The van der Waals surface area contributed by atoms with Crippen LogP contribution in [-0.4, -0.2) is 33.0 Å². The Morgan fingerprint density at radius 3 is 2.00 bits per heavy atom. The van der Waals surface area contributed by atoms with Gasteiger partial charge >= 0.3 is 5.97 Å². The molecule has 18 heavy (non-hydrogen) atoms. The van der Waals surface area contributed by atoms with Crippen molar-refractivity contribution >= 4 is 5.97 Å². The first kappa shape index (κ1) is 13.2. The van der Waals surface area contributed by atoms with Gasteiger partial charge in [-0.2, -0.15) is 5.26 Å². The molecule has 0 aliphatic rings. The van der Waals surface area contributed by atoms with Crippen LogP contribution in [0.2, 0.25) is 0 Å². The lowest BCUT2D eigenvalue weighted by atomic mass is 10.6. The molecule has 0 amide bonds. The summed E-state index contributed by atoms with van der Waals surface area (Å²) in [6.45, 7) is 0. The van der Waals surface area contributed by atoms with Crippen LogP contribution in [0.1, 0.15) is 16.4 Å². The third kappa shape index (κ3) is 4.32. The fourth-order valence-electron chi connectivity index (χ4n) is 0.853. The van der Waals surface area contributed by atoms with Crippen LogP contribution < -0.4 is 0 Å². The Morgan fingerprint density at radius 1 is 1.11 bits per heavy atom. The Balaban J connectivity index is 0.000000184. The van der Waals surface area contributed by atoms with Gasteiger partial charge in [-0.25, -0.2) is 24.7 Å². The maximum Gasteiger partial charge on any atom is 0.376 e. The second kappa shape index (κ2) is 7.40. The predicted molar refractivity (Wildman–Crippen MR) is 60.1 cm³/mol. The molecule has 0 radical (unpaired) electrons. The molecule has 2 rings (SSSR count). The first-order valence-electron chi connectivity index (χ1n) is 4.80. The van der Waals surface area contributed by atoms with E-state index in [4.69, 9.17) is 5.26 Å². The number of carbonyl (C=O) groups is 1. The normalized spacial score (nSPS) is 8.44. The number of nitriles is 1. The van der Waals surface area contributed by atoms with Gasteiger partial charge in [0.1, 0.15) is 6.07 Å². The molecule has 0 fully saturated rings. The Hall–Kier alpha value is -2.88. The molecule has 0 aliphatic carbocycles. The van der Waals surface area contributed by atoms with Crippen molar-refractivity contribution in [3.63, 3.8) is 0 Å². The highest BCUT2D eigenvalue weighted by atomic mass is 16.5. The van der Waals surface area contributed by atoms with E-state index < -0.39 is 5.97 Å². The summed E-state index contributed by atoms with van der Waals surface area (Å²) in [6, 6.07) is 5.10. The number of methoxy groups -OCH3 is 1. The summed E-state index contributed by atoms with van der Waals surface area (Å²) in [5, 5.41) is 8.16. The number of rotatable bonds is 1. The summed E-state index contributed by atoms with van der Waals surface area (Å²) in [5.41, 5.74) is 0. The number of nitrogens with zero attached hydrogens (tertiary/aromatic N) is 5. The molecule has 0 bridgehead atoms. The van der Waals surface area contributed by atoms with E-state index in [0.717, 1.165) is 0 Å². The van der Waals surface area contributed by atoms with Crippen LogP contribution in [0.5, 0.6) is 0 Å². The smallest absolute Gasteiger partial charge is 0.376 e. The molecular weight excluding hydrogens is 234 g/mol. The van der Waals surface area contributed by atoms with Crippen LogP contribution in [0.3, 0.4) is 0 Å². The van der Waals surface area contributed by atoms with E-state index in [9.17, 15) is 4.79 Å². The van der Waals surface area contributed by atoms with E-state index in [1.165, 1.54) is 31.9 Å². The first-order chi connectivity index (χ1) is 8.77. The van der Waals surface area contributed by atoms with Gasteiger partial charge in [0, 0.05) is 24.8 Å². The van der Waals surface area contributed by atoms with Gasteiger partial charge in [0.2, 0.25) is 11.6 Å². The minimum Gasteiger partial charge on any atom is -0.463 e. The maximum absolute atomic E-state index is 10.7. The fourth-order valence-corrected chi connectivity index (χ4v) is 0.853. The van der Waals surface area contributed by atoms with E-state index in [0.29, 0.717) is 0 Å². The van der Waals surface area contributed by atoms with Crippen molar-refractivity contribution < 1.29 is 9.53 Å². The van der Waals surface area contributed by atoms with Crippen molar-refractivity contribution in [2.75, 3.05) is 7.11 Å². The monoisotopic (exact) mass is 243 g/mol. The molecule has 0 atom stereocenters. The van der Waals surface area contributed by atoms with E-state index >= 15 is 0 Å². The number of carbonyl (C=O) groups excluding carboxylic acids is 1. The molecule has 7 nitrogen and oxygen atoms in total. The number of ether oxygens (including phenoxy) is 1. The average molecular weight is 243 g/mol. The van der Waals surface area contributed by atoms with Crippen LogP contribution in [0.15, 0.2) is 36.9 Å². The molecule has 2 aromatic heterocycles. The van der Waals surface area contributed by atoms with Crippen LogP contribution in [0.25, 0.3) is 0 Å². The standard InChI is InChI=1S/C6H6N2O2.C5H3N3/c1-10-6(9)5-7-3-2-4-8-5;6-4-5-7-2-1-3-8-5/h2-4H,1H3;1-3H. The van der Waals surface area contributed by atoms with Crippen molar-refractivity contribution in [3.8, 4) is 6.07 Å². The molecule has 0 unspecified atom stereocenters. The lowest BCUT2D eigenvalue weighted by molar-refractivity contribution is 0.0586. The molecule has 0 aliphatic heterocycles. The van der Waals surface area contributed by atoms with Crippen molar-refractivity contribution in [2.45, 2.75) is 0 Å². The summed E-state index contributed by atoms with van der Waals surface area (Å²) in [4.78, 5) is 25.2. The fraction of sp³-hybridized carbons (Fsp3) is 0.0909. The van der Waals surface area contributed by atoms with Gasteiger partial charge in [0.25, 0.3) is 0 Å². The minimum atomic E-state index is -0.513. The van der Waals surface area contributed by atoms with Crippen molar-refractivity contribution in [1.29, 1.82) is 5.26 Å². The van der Waals surface area contributed by atoms with Crippen molar-refractivity contribution in [3.05, 3.63) is 48.6 Å². The van der Waals surface area contributed by atoms with Crippen LogP contribution in [-0.2, 0) is 4.74 Å². The van der Waals surface area contributed by atoms with Crippen LogP contribution in [0.4, 0.5) is 0 Å². The van der Waals surface area contributed by atoms with Crippen LogP contribution in [0, 0.1) is 11.3 Å². The summed E-state index contributed by atoms with van der Waals surface area (Å²) in [7, 11) is 1.29. The summed E-state index contributed by atoms with van der Waals surface area (Å²) >= 11 is 0. The van der Waals surface area contributed by atoms with Crippen molar-refractivity contribution in [1.82, 2.24) is 19.9 Å². The number of esters is 1. The highest BCUT2D eigenvalue weighted by molar-refractivity contribution is 5.84. The molecular formula is C11H9N5O2. The highest BCUT2D eigenvalue weighted by Gasteiger charge is 2.05. The molecule has 0 saturated carbocycles. The predicted octanol–water partition coefficient (Wildman–Crippen LogP) is 0.611. The van der Waals surface area contributed by atoms with Gasteiger partial charge in [-0.1, -0.05) is 0 Å². The zero-order valence-corrected chi connectivity index (χ0v) is 9.52. The van der Waals surface area contributed by atoms with Gasteiger partial charge in [-0.05, 0) is 12.1 Å². The maximum atomic E-state index is 10.7. The van der Waals surface area contributed by atoms with E-state index in [1.807, 2.05) is 0 Å². The lowest BCUT2D eigenvalue weighted by Crippen LogP contribution is -2.05. The van der Waals surface area contributed by atoms with Gasteiger partial charge < -0.3 is 4.74 Å². The van der Waals surface area contributed by atoms with Gasteiger partial charge in [0.05, 0.1) is 7.11 Å². The van der Waals surface area contributed by atoms with Crippen molar-refractivity contribution in [2.24, 2.45) is 0 Å². The third-order valence-corrected chi connectivity index (χ3v) is 1.60. The Kier molecular flexibility index (Phi) is 5.42. The molecule has 2 aromatic rings. The number of hydrogen-bond donors (Lipinski definition) is 0. The lowest BCUT2D eigenvalue weighted by Gasteiger charge is -1.93. The second-order valence-electron chi connectivity index (χ2n) is 2.75. The second-order valence-corrected chi connectivity index (χ2v) is 2.75. The van der Waals surface area contributed by atoms with Crippen LogP contribution >= 0.6 is 0 Å². The van der Waals surface area contributed by atoms with Gasteiger partial charge in [-0.15, -0.1) is 0 Å². The van der Waals surface area contributed by atoms with E-state index in [-0.39, 0.29) is 11.6 Å². The molecule has 0 spiro atoms. The Labute approximate surface area is 103 Å². The minimum absolute atomic E-state index is 0.0880. The first-order valence-corrected chi connectivity index (χ1v) is 4.80. The Bertz CT molecular complexity index is 524. The summed E-state index contributed by atoms with van der Waals surface area (Å²) in [5.74, 6) is -0.210. The number of hydrogen-bond acceptors (Lipinski definition) is 7. The molecule has 0 aromatic carbocycles. The largest absolute Gasteiger partial charge is 0.463 e. The Morgan fingerprint density at radius 2 is 1.61 bits per heavy atom. The molecule has 90 valence electrons. The average Bonchev–Trinajstić information content (AvgIpc) is 2.49. The zero-order chi connectivity index (χ0) is 13.2. The third-order valence-electron chi connectivity index (χ3n) is 1.60. The van der Waals surface area contributed by atoms with E-state index in [2.05, 4.69) is 24.7 Å². The molecule has 7 heteroatoms. The summed E-state index contributed by atoms with van der Waals surface area (Å²) in [6.07, 6.45) is 6.04.